The molecule has 0 fully saturated rings. The summed E-state index contributed by atoms with van der Waals surface area (Å²) in [4.78, 5) is 10.4. The molecule has 0 radical (unpaired) electrons. The minimum Gasteiger partial charge on any atom is -0.508 e. The number of carboxylic acids is 1. The maximum atomic E-state index is 13.1. The fraction of sp³-hybridized carbons (Fsp3) is 0.222. The summed E-state index contributed by atoms with van der Waals surface area (Å²) in [6, 6.07) is 2.39. The third kappa shape index (κ3) is 3.85. The van der Waals surface area contributed by atoms with Crippen molar-refractivity contribution in [2.45, 2.75) is 12.5 Å². The van der Waals surface area contributed by atoms with E-state index in [0.29, 0.717) is 0 Å². The zero-order valence-electron chi connectivity index (χ0n) is 7.68. The molecule has 0 aliphatic heterocycles. The van der Waals surface area contributed by atoms with Gasteiger partial charge in [-0.15, -0.1) is 17.0 Å². The Kier molecular flexibility index (Phi) is 5.24. The van der Waals surface area contributed by atoms with Crippen LogP contribution in [0.2, 0.25) is 0 Å². The molecule has 0 amide bonds. The van der Waals surface area contributed by atoms with Crippen molar-refractivity contribution < 1.29 is 19.4 Å². The second-order valence-electron chi connectivity index (χ2n) is 2.92. The Labute approximate surface area is 96.3 Å². The van der Waals surface area contributed by atoms with E-state index in [2.05, 4.69) is 0 Å². The van der Waals surface area contributed by atoms with Crippen molar-refractivity contribution in [2.24, 2.45) is 5.73 Å². The smallest absolute Gasteiger partial charge is 0.320 e. The van der Waals surface area contributed by atoms with Gasteiger partial charge in [-0.1, -0.05) is 6.07 Å². The Hall–Kier alpha value is -1.14. The van der Waals surface area contributed by atoms with Crippen LogP contribution in [0.25, 0.3) is 0 Å². The molecule has 6 heteroatoms. The number of hydrogen-bond donors (Lipinski definition) is 3. The van der Waals surface area contributed by atoms with Crippen LogP contribution in [0.5, 0.6) is 5.75 Å². The van der Waals surface area contributed by atoms with Crippen molar-refractivity contribution in [3.8, 4) is 5.75 Å². The minimum absolute atomic E-state index is 0. The largest absolute Gasteiger partial charge is 0.508 e. The summed E-state index contributed by atoms with van der Waals surface area (Å²) in [6.07, 6.45) is -0.0958. The Morgan fingerprint density at radius 1 is 1.53 bits per heavy atom. The topological polar surface area (TPSA) is 83.5 Å². The highest BCUT2D eigenvalue weighted by Gasteiger charge is 2.14. The van der Waals surface area contributed by atoms with Crippen LogP contribution in [0.3, 0.4) is 0 Å². The van der Waals surface area contributed by atoms with Crippen molar-refractivity contribution in [1.29, 1.82) is 0 Å². The number of phenols is 1. The van der Waals surface area contributed by atoms with Gasteiger partial charge in [-0.2, -0.15) is 0 Å². The summed E-state index contributed by atoms with van der Waals surface area (Å²) < 4.78 is 13.1. The average molecular weight is 280 g/mol. The molecule has 4 nitrogen and oxygen atoms in total. The molecule has 0 heterocycles. The highest BCUT2D eigenvalue weighted by atomic mass is 79.9. The molecule has 0 spiro atoms. The molecule has 15 heavy (non-hydrogen) atoms. The Morgan fingerprint density at radius 3 is 2.60 bits per heavy atom. The van der Waals surface area contributed by atoms with Crippen LogP contribution < -0.4 is 5.73 Å². The first kappa shape index (κ1) is 13.9. The molecule has 0 aliphatic carbocycles. The highest BCUT2D eigenvalue weighted by molar-refractivity contribution is 8.93. The summed E-state index contributed by atoms with van der Waals surface area (Å²) in [5, 5.41) is 17.4. The molecule has 1 unspecified atom stereocenters. The van der Waals surface area contributed by atoms with E-state index in [1.54, 1.807) is 0 Å². The molecule has 0 saturated heterocycles. The van der Waals surface area contributed by atoms with E-state index >= 15 is 0 Å². The number of rotatable bonds is 3. The lowest BCUT2D eigenvalue weighted by atomic mass is 10.1. The molecular formula is C9H11BrFNO3. The molecule has 0 aliphatic rings. The molecule has 1 atom stereocenters. The molecule has 1 aromatic rings. The molecule has 0 bridgehead atoms. The summed E-state index contributed by atoms with van der Waals surface area (Å²) >= 11 is 0. The van der Waals surface area contributed by atoms with Gasteiger partial charge in [-0.3, -0.25) is 4.79 Å². The third-order valence-electron chi connectivity index (χ3n) is 1.79. The van der Waals surface area contributed by atoms with Gasteiger partial charge in [-0.25, -0.2) is 4.39 Å². The van der Waals surface area contributed by atoms with Gasteiger partial charge in [0.15, 0.2) is 0 Å². The zero-order valence-corrected chi connectivity index (χ0v) is 9.40. The molecule has 84 valence electrons. The predicted molar refractivity (Wildman–Crippen MR) is 57.7 cm³/mol. The maximum absolute atomic E-state index is 13.1. The summed E-state index contributed by atoms with van der Waals surface area (Å²) in [5.74, 6) is -2.03. The first-order valence-corrected chi connectivity index (χ1v) is 3.96. The fourth-order valence-corrected chi connectivity index (χ4v) is 1.03. The highest BCUT2D eigenvalue weighted by Crippen LogP contribution is 2.15. The van der Waals surface area contributed by atoms with Gasteiger partial charge in [0.25, 0.3) is 0 Å². The molecule has 1 rings (SSSR count). The number of benzene rings is 1. The molecule has 4 N–H and O–H groups in total. The van der Waals surface area contributed by atoms with Gasteiger partial charge in [-0.05, 0) is 11.6 Å². The number of aromatic hydroxyl groups is 1. The van der Waals surface area contributed by atoms with E-state index in [1.807, 2.05) is 0 Å². The van der Waals surface area contributed by atoms with E-state index in [-0.39, 0.29) is 34.7 Å². The Balaban J connectivity index is 0.00000196. The lowest BCUT2D eigenvalue weighted by Gasteiger charge is -2.07. The molecule has 0 aromatic heterocycles. The van der Waals surface area contributed by atoms with Crippen molar-refractivity contribution in [3.63, 3.8) is 0 Å². The van der Waals surface area contributed by atoms with Crippen LogP contribution in [0.15, 0.2) is 18.2 Å². The van der Waals surface area contributed by atoms with E-state index in [0.717, 1.165) is 6.07 Å². The van der Waals surface area contributed by atoms with Crippen molar-refractivity contribution in [1.82, 2.24) is 0 Å². The fourth-order valence-electron chi connectivity index (χ4n) is 1.03. The van der Waals surface area contributed by atoms with E-state index < -0.39 is 17.8 Å². The van der Waals surface area contributed by atoms with Gasteiger partial charge >= 0.3 is 5.97 Å². The summed E-state index contributed by atoms with van der Waals surface area (Å²) in [5.41, 5.74) is 5.41. The van der Waals surface area contributed by atoms with Gasteiger partial charge in [0.1, 0.15) is 17.6 Å². The van der Waals surface area contributed by atoms with Crippen molar-refractivity contribution in [2.75, 3.05) is 0 Å². The third-order valence-corrected chi connectivity index (χ3v) is 1.79. The van der Waals surface area contributed by atoms with Crippen molar-refractivity contribution in [3.05, 3.63) is 29.6 Å². The second kappa shape index (κ2) is 5.67. The predicted octanol–water partition coefficient (Wildman–Crippen LogP) is 1.06. The SMILES string of the molecule is Br.NC(Cc1ccc(O)cc1F)C(=O)O. The Morgan fingerprint density at radius 2 is 2.13 bits per heavy atom. The average Bonchev–Trinajstić information content (AvgIpc) is 2.09. The quantitative estimate of drug-likeness (QED) is 0.773. The zero-order chi connectivity index (χ0) is 10.7. The van der Waals surface area contributed by atoms with Crippen LogP contribution in [0.4, 0.5) is 4.39 Å². The normalized spacial score (nSPS) is 11.6. The standard InChI is InChI=1S/C9H10FNO3.BrH/c10-7-4-6(12)2-1-5(7)3-8(11)9(13)14;/h1-2,4,8,12H,3,11H2,(H,13,14);1H. The number of carboxylic acid groups (broad SMARTS) is 1. The lowest BCUT2D eigenvalue weighted by Crippen LogP contribution is -2.32. The molecular weight excluding hydrogens is 269 g/mol. The first-order chi connectivity index (χ1) is 6.50. The second-order valence-corrected chi connectivity index (χ2v) is 2.92. The van der Waals surface area contributed by atoms with E-state index in [9.17, 15) is 9.18 Å². The molecule has 0 saturated carbocycles. The number of nitrogens with two attached hydrogens (primary N) is 1. The maximum Gasteiger partial charge on any atom is 0.320 e. The van der Waals surface area contributed by atoms with Crippen LogP contribution in [0.1, 0.15) is 5.56 Å². The van der Waals surface area contributed by atoms with Gasteiger partial charge in [0, 0.05) is 12.5 Å². The van der Waals surface area contributed by atoms with Crippen LogP contribution in [-0.2, 0) is 11.2 Å². The van der Waals surface area contributed by atoms with Crippen LogP contribution in [0, 0.1) is 5.82 Å². The van der Waals surface area contributed by atoms with Gasteiger partial charge < -0.3 is 15.9 Å². The summed E-state index contributed by atoms with van der Waals surface area (Å²) in [7, 11) is 0. The Bertz CT molecular complexity index is 359. The number of hydrogen-bond acceptors (Lipinski definition) is 3. The van der Waals surface area contributed by atoms with Crippen LogP contribution >= 0.6 is 17.0 Å². The van der Waals surface area contributed by atoms with E-state index in [4.69, 9.17) is 15.9 Å². The van der Waals surface area contributed by atoms with Crippen molar-refractivity contribution >= 4 is 23.0 Å². The number of carbonyl (C=O) groups is 1. The van der Waals surface area contributed by atoms with Gasteiger partial charge in [0.05, 0.1) is 0 Å². The monoisotopic (exact) mass is 279 g/mol. The number of aliphatic carboxylic acids is 1. The van der Waals surface area contributed by atoms with Crippen LogP contribution in [-0.4, -0.2) is 22.2 Å². The lowest BCUT2D eigenvalue weighted by molar-refractivity contribution is -0.138. The van der Waals surface area contributed by atoms with Gasteiger partial charge in [0.2, 0.25) is 0 Å². The minimum atomic E-state index is -1.18. The molecule has 1 aromatic carbocycles. The number of halogens is 2. The number of phenolic OH excluding ortho intramolecular Hbond substituents is 1. The summed E-state index contributed by atoms with van der Waals surface area (Å²) in [6.45, 7) is 0. The van der Waals surface area contributed by atoms with E-state index in [1.165, 1.54) is 12.1 Å². The first-order valence-electron chi connectivity index (χ1n) is 3.96.